The van der Waals surface area contributed by atoms with Crippen molar-refractivity contribution >= 4 is 33.4 Å². The molecule has 152 valence electrons. The molecule has 1 atom stereocenters. The maximum atomic E-state index is 15.0. The molecule has 2 nitrogen and oxygen atoms in total. The molecule has 0 amide bonds. The van der Waals surface area contributed by atoms with Gasteiger partial charge in [-0.3, -0.25) is 0 Å². The summed E-state index contributed by atoms with van der Waals surface area (Å²) < 4.78 is 45.0. The Hall–Kier alpha value is -2.40. The van der Waals surface area contributed by atoms with Crippen molar-refractivity contribution in [1.29, 1.82) is 0 Å². The van der Waals surface area contributed by atoms with E-state index in [0.29, 0.717) is 39.7 Å². The maximum absolute atomic E-state index is 15.0. The zero-order valence-electron chi connectivity index (χ0n) is 16.3. The molecule has 0 fully saturated rings. The molecule has 2 aromatic carbocycles. The van der Waals surface area contributed by atoms with Crippen LogP contribution in [-0.2, 0) is 5.41 Å². The highest BCUT2D eigenvalue weighted by atomic mass is 35.5. The van der Waals surface area contributed by atoms with Gasteiger partial charge in [0.05, 0.1) is 0 Å². The van der Waals surface area contributed by atoms with Crippen molar-refractivity contribution < 1.29 is 13.2 Å². The van der Waals surface area contributed by atoms with Crippen LogP contribution in [0.2, 0.25) is 5.02 Å². The maximum Gasteiger partial charge on any atom is 0.402 e. The fraction of sp³-hybridized carbons (Fsp3) is 0.304. The van der Waals surface area contributed by atoms with Gasteiger partial charge in [0, 0.05) is 39.2 Å². The van der Waals surface area contributed by atoms with E-state index in [4.69, 9.17) is 11.6 Å². The first-order chi connectivity index (χ1) is 13.8. The summed E-state index contributed by atoms with van der Waals surface area (Å²) in [6.07, 6.45) is -0.381. The minimum Gasteiger partial charge on any atom is -0.361 e. The number of aromatic nitrogens is 2. The second kappa shape index (κ2) is 7.13. The standard InChI is InChI=1S/C23H22ClF3N2/c1-3-4-9-22(23(25,26)27,18-12-29-21-10-14(2)5-7-16(18)21)19-13-28-20-8-6-15(24)11-17(19)20/h5-8,10-13,28-29H,3-4,9H2,1-2H3. The third kappa shape index (κ3) is 3.12. The lowest BCUT2D eigenvalue weighted by atomic mass is 9.70. The highest BCUT2D eigenvalue weighted by Gasteiger charge is 2.58. The minimum atomic E-state index is -4.49. The third-order valence-electron chi connectivity index (χ3n) is 5.79. The number of fused-ring (bicyclic) bond motifs is 2. The van der Waals surface area contributed by atoms with Crippen molar-refractivity contribution in [3.05, 3.63) is 70.5 Å². The fourth-order valence-corrected chi connectivity index (χ4v) is 4.51. The summed E-state index contributed by atoms with van der Waals surface area (Å²) in [5.41, 5.74) is 0.690. The Morgan fingerprint density at radius 2 is 1.59 bits per heavy atom. The monoisotopic (exact) mass is 418 g/mol. The van der Waals surface area contributed by atoms with Crippen LogP contribution in [0, 0.1) is 6.92 Å². The van der Waals surface area contributed by atoms with Gasteiger partial charge in [-0.2, -0.15) is 13.2 Å². The molecule has 29 heavy (non-hydrogen) atoms. The Bertz CT molecular complexity index is 1170. The molecule has 6 heteroatoms. The zero-order chi connectivity index (χ0) is 20.8. The number of halogens is 4. The summed E-state index contributed by atoms with van der Waals surface area (Å²) in [7, 11) is 0. The lowest BCUT2D eigenvalue weighted by Crippen LogP contribution is -2.43. The van der Waals surface area contributed by atoms with Gasteiger partial charge in [-0.15, -0.1) is 0 Å². The van der Waals surface area contributed by atoms with E-state index < -0.39 is 11.6 Å². The molecule has 2 N–H and O–H groups in total. The first-order valence-electron chi connectivity index (χ1n) is 9.70. The predicted molar refractivity (Wildman–Crippen MR) is 113 cm³/mol. The molecule has 0 saturated carbocycles. The van der Waals surface area contributed by atoms with Crippen molar-refractivity contribution in [2.75, 3.05) is 0 Å². The van der Waals surface area contributed by atoms with Gasteiger partial charge in [0.25, 0.3) is 0 Å². The summed E-state index contributed by atoms with van der Waals surface area (Å²) in [6.45, 7) is 3.83. The molecule has 0 radical (unpaired) electrons. The Balaban J connectivity index is 2.09. The third-order valence-corrected chi connectivity index (χ3v) is 6.02. The molecular formula is C23H22ClF3N2. The minimum absolute atomic E-state index is 0.0344. The van der Waals surface area contributed by atoms with Gasteiger partial charge >= 0.3 is 6.18 Å². The normalized spacial score (nSPS) is 14.6. The summed E-state index contributed by atoms with van der Waals surface area (Å²) in [5, 5.41) is 1.52. The number of hydrogen-bond donors (Lipinski definition) is 2. The van der Waals surface area contributed by atoms with Gasteiger partial charge in [-0.25, -0.2) is 0 Å². The number of alkyl halides is 3. The van der Waals surface area contributed by atoms with E-state index in [1.165, 1.54) is 12.4 Å². The largest absolute Gasteiger partial charge is 0.402 e. The van der Waals surface area contributed by atoms with Gasteiger partial charge in [0.2, 0.25) is 0 Å². The van der Waals surface area contributed by atoms with Crippen LogP contribution >= 0.6 is 11.6 Å². The van der Waals surface area contributed by atoms with Crippen molar-refractivity contribution in [1.82, 2.24) is 9.97 Å². The number of hydrogen-bond acceptors (Lipinski definition) is 0. The molecule has 0 aliphatic rings. The molecule has 1 unspecified atom stereocenters. The molecule has 0 spiro atoms. The quantitative estimate of drug-likeness (QED) is 0.333. The van der Waals surface area contributed by atoms with E-state index >= 15 is 0 Å². The first-order valence-corrected chi connectivity index (χ1v) is 10.1. The molecule has 4 rings (SSSR count). The van der Waals surface area contributed by atoms with Crippen molar-refractivity contribution in [3.8, 4) is 0 Å². The van der Waals surface area contributed by atoms with Crippen molar-refractivity contribution in [2.24, 2.45) is 0 Å². The van der Waals surface area contributed by atoms with Gasteiger partial charge in [-0.1, -0.05) is 43.5 Å². The number of nitrogens with one attached hydrogen (secondary N) is 2. The Morgan fingerprint density at radius 1 is 0.897 bits per heavy atom. The number of unbranched alkanes of at least 4 members (excludes halogenated alkanes) is 1. The highest BCUT2D eigenvalue weighted by Crippen LogP contribution is 2.53. The molecule has 4 aromatic rings. The summed E-state index contributed by atoms with van der Waals surface area (Å²) >= 11 is 6.15. The van der Waals surface area contributed by atoms with Crippen LogP contribution in [0.3, 0.4) is 0 Å². The average Bonchev–Trinajstić information content (AvgIpc) is 3.26. The molecular weight excluding hydrogens is 397 g/mol. The molecule has 0 saturated heterocycles. The van der Waals surface area contributed by atoms with Crippen LogP contribution in [0.25, 0.3) is 21.8 Å². The SMILES string of the molecule is CCCCC(c1c[nH]c2cc(C)ccc12)(c1c[nH]c2ccc(Cl)cc12)C(F)(F)F. The van der Waals surface area contributed by atoms with Crippen LogP contribution in [-0.4, -0.2) is 16.1 Å². The van der Waals surface area contributed by atoms with E-state index in [0.717, 1.165) is 5.56 Å². The number of rotatable bonds is 5. The van der Waals surface area contributed by atoms with Gasteiger partial charge in [0.15, 0.2) is 0 Å². The van der Waals surface area contributed by atoms with Crippen LogP contribution in [0.4, 0.5) is 13.2 Å². The molecule has 0 aliphatic heterocycles. The summed E-state index contributed by atoms with van der Waals surface area (Å²) in [6, 6.07) is 10.5. The number of benzene rings is 2. The molecule has 2 heterocycles. The fourth-order valence-electron chi connectivity index (χ4n) is 4.34. The smallest absolute Gasteiger partial charge is 0.361 e. The second-order valence-electron chi connectivity index (χ2n) is 7.65. The van der Waals surface area contributed by atoms with E-state index in [1.807, 2.05) is 26.0 Å². The van der Waals surface area contributed by atoms with Gasteiger partial charge in [0.1, 0.15) is 5.41 Å². The van der Waals surface area contributed by atoms with Crippen LogP contribution in [0.15, 0.2) is 48.8 Å². The van der Waals surface area contributed by atoms with Crippen LogP contribution in [0.1, 0.15) is 42.9 Å². The molecule has 2 aromatic heterocycles. The molecule has 0 bridgehead atoms. The van der Waals surface area contributed by atoms with Gasteiger partial charge < -0.3 is 9.97 Å². The Kier molecular flexibility index (Phi) is 4.89. The van der Waals surface area contributed by atoms with E-state index in [2.05, 4.69) is 9.97 Å². The van der Waals surface area contributed by atoms with E-state index in [9.17, 15) is 13.2 Å². The summed E-state index contributed by atoms with van der Waals surface area (Å²) in [5.74, 6) is 0. The van der Waals surface area contributed by atoms with Gasteiger partial charge in [-0.05, 0) is 54.3 Å². The predicted octanol–water partition coefficient (Wildman–Crippen LogP) is 7.65. The number of aryl methyl sites for hydroxylation is 1. The highest BCUT2D eigenvalue weighted by molar-refractivity contribution is 6.31. The van der Waals surface area contributed by atoms with E-state index in [-0.39, 0.29) is 17.5 Å². The van der Waals surface area contributed by atoms with Crippen molar-refractivity contribution in [2.45, 2.75) is 44.7 Å². The Morgan fingerprint density at radius 3 is 2.28 bits per heavy atom. The van der Waals surface area contributed by atoms with Crippen LogP contribution in [0.5, 0.6) is 0 Å². The summed E-state index contributed by atoms with van der Waals surface area (Å²) in [4.78, 5) is 6.09. The van der Waals surface area contributed by atoms with Crippen LogP contribution < -0.4 is 0 Å². The number of H-pyrrole nitrogens is 2. The topological polar surface area (TPSA) is 31.6 Å². The average molecular weight is 419 g/mol. The Labute approximate surface area is 172 Å². The molecule has 0 aliphatic carbocycles. The van der Waals surface area contributed by atoms with Crippen molar-refractivity contribution in [3.63, 3.8) is 0 Å². The number of aromatic amines is 2. The van der Waals surface area contributed by atoms with E-state index in [1.54, 1.807) is 24.3 Å². The lowest BCUT2D eigenvalue weighted by molar-refractivity contribution is -0.179. The zero-order valence-corrected chi connectivity index (χ0v) is 17.0. The first kappa shape index (κ1) is 19.9. The lowest BCUT2D eigenvalue weighted by Gasteiger charge is -2.36. The second-order valence-corrected chi connectivity index (χ2v) is 8.09.